The number of nitrogens with zero attached hydrogens (tertiary/aromatic N) is 2. The maximum Gasteiger partial charge on any atom is 0.337 e. The largest absolute Gasteiger partial charge is 0.465 e. The number of anilines is 4. The Balaban J connectivity index is 1.77. The van der Waals surface area contributed by atoms with Crippen molar-refractivity contribution >= 4 is 40.7 Å². The van der Waals surface area contributed by atoms with Crippen LogP contribution < -0.4 is 10.6 Å². The molecule has 0 spiro atoms. The van der Waals surface area contributed by atoms with E-state index in [0.29, 0.717) is 22.4 Å². The Labute approximate surface area is 162 Å². The summed E-state index contributed by atoms with van der Waals surface area (Å²) in [6.45, 7) is 3.97. The first kappa shape index (κ1) is 18.7. The molecule has 0 unspecified atom stereocenters. The zero-order valence-electron chi connectivity index (χ0n) is 15.2. The number of aromatic nitrogens is 2. The van der Waals surface area contributed by atoms with Gasteiger partial charge in [-0.1, -0.05) is 17.7 Å². The molecule has 3 aromatic rings. The molecule has 1 aromatic heterocycles. The molecule has 0 saturated carbocycles. The van der Waals surface area contributed by atoms with E-state index in [0.717, 1.165) is 22.5 Å². The minimum Gasteiger partial charge on any atom is -0.465 e. The van der Waals surface area contributed by atoms with Crippen molar-refractivity contribution in [2.45, 2.75) is 13.8 Å². The number of rotatable bonds is 5. The Morgan fingerprint density at radius 2 is 1.81 bits per heavy atom. The van der Waals surface area contributed by atoms with Gasteiger partial charge in [-0.05, 0) is 61.4 Å². The van der Waals surface area contributed by atoms with Crippen LogP contribution in [0, 0.1) is 13.8 Å². The first-order valence-electron chi connectivity index (χ1n) is 8.28. The quantitative estimate of drug-likeness (QED) is 0.603. The Kier molecular flexibility index (Phi) is 5.57. The topological polar surface area (TPSA) is 76.1 Å². The average molecular weight is 383 g/mol. The van der Waals surface area contributed by atoms with Gasteiger partial charge in [0, 0.05) is 11.9 Å². The van der Waals surface area contributed by atoms with Gasteiger partial charge in [-0.15, -0.1) is 0 Å². The van der Waals surface area contributed by atoms with Crippen molar-refractivity contribution in [1.29, 1.82) is 0 Å². The van der Waals surface area contributed by atoms with E-state index in [4.69, 9.17) is 16.3 Å². The van der Waals surface area contributed by atoms with Crippen molar-refractivity contribution in [2.24, 2.45) is 0 Å². The number of ether oxygens (including phenoxy) is 1. The van der Waals surface area contributed by atoms with Crippen LogP contribution in [-0.4, -0.2) is 23.0 Å². The van der Waals surface area contributed by atoms with Crippen LogP contribution in [0.1, 0.15) is 21.5 Å². The number of carbonyl (C=O) groups excluding carboxylic acids is 1. The normalized spacial score (nSPS) is 10.4. The zero-order chi connectivity index (χ0) is 19.4. The highest BCUT2D eigenvalue weighted by Crippen LogP contribution is 2.29. The van der Waals surface area contributed by atoms with E-state index in [1.807, 2.05) is 26.0 Å². The summed E-state index contributed by atoms with van der Waals surface area (Å²) in [4.78, 5) is 20.2. The number of nitrogens with one attached hydrogen (secondary N) is 2. The fourth-order valence-corrected chi connectivity index (χ4v) is 3.00. The summed E-state index contributed by atoms with van der Waals surface area (Å²) in [6.07, 6.45) is 1.65. The molecule has 0 aliphatic carbocycles. The third-order valence-corrected chi connectivity index (χ3v) is 4.20. The van der Waals surface area contributed by atoms with Gasteiger partial charge in [0.15, 0.2) is 0 Å². The lowest BCUT2D eigenvalue weighted by molar-refractivity contribution is 0.0601. The lowest BCUT2D eigenvalue weighted by Crippen LogP contribution is -2.03. The molecule has 27 heavy (non-hydrogen) atoms. The van der Waals surface area contributed by atoms with Crippen molar-refractivity contribution in [3.8, 4) is 0 Å². The van der Waals surface area contributed by atoms with Crippen LogP contribution in [0.5, 0.6) is 0 Å². The number of aryl methyl sites for hydroxylation is 2. The summed E-state index contributed by atoms with van der Waals surface area (Å²) in [6, 6.07) is 12.6. The Hall–Kier alpha value is -3.12. The van der Waals surface area contributed by atoms with E-state index in [1.54, 1.807) is 36.5 Å². The standard InChI is InChI=1S/C20H19ClN4O2/c1-12-10-13(2)18(16(21)11-12)25-20-22-9-8-17(24-20)23-15-6-4-14(5-7-15)19(26)27-3/h4-11H,1-3H3,(H2,22,23,24,25). The van der Waals surface area contributed by atoms with E-state index >= 15 is 0 Å². The van der Waals surface area contributed by atoms with Gasteiger partial charge in [0.25, 0.3) is 0 Å². The number of esters is 1. The predicted molar refractivity (Wildman–Crippen MR) is 107 cm³/mol. The molecule has 6 nitrogen and oxygen atoms in total. The van der Waals surface area contributed by atoms with E-state index in [-0.39, 0.29) is 5.97 Å². The maximum absolute atomic E-state index is 11.5. The molecule has 0 bridgehead atoms. The minimum atomic E-state index is -0.375. The van der Waals surface area contributed by atoms with Crippen LogP contribution >= 0.6 is 11.6 Å². The van der Waals surface area contributed by atoms with Crippen molar-refractivity contribution in [1.82, 2.24) is 9.97 Å². The molecular formula is C20H19ClN4O2. The summed E-state index contributed by atoms with van der Waals surface area (Å²) < 4.78 is 4.69. The summed E-state index contributed by atoms with van der Waals surface area (Å²) in [5.74, 6) is 0.666. The second kappa shape index (κ2) is 8.05. The molecule has 2 N–H and O–H groups in total. The second-order valence-corrected chi connectivity index (χ2v) is 6.43. The fraction of sp³-hybridized carbons (Fsp3) is 0.150. The van der Waals surface area contributed by atoms with Gasteiger partial charge >= 0.3 is 5.97 Å². The number of hydrogen-bond donors (Lipinski definition) is 2. The number of benzene rings is 2. The lowest BCUT2D eigenvalue weighted by Gasteiger charge is -2.12. The summed E-state index contributed by atoms with van der Waals surface area (Å²) >= 11 is 6.34. The molecule has 0 aliphatic heterocycles. The molecule has 0 amide bonds. The van der Waals surface area contributed by atoms with Crippen LogP contribution in [0.25, 0.3) is 0 Å². The van der Waals surface area contributed by atoms with E-state index in [9.17, 15) is 4.79 Å². The van der Waals surface area contributed by atoms with Gasteiger partial charge in [-0.3, -0.25) is 0 Å². The van der Waals surface area contributed by atoms with Gasteiger partial charge in [-0.2, -0.15) is 4.98 Å². The van der Waals surface area contributed by atoms with Crippen LogP contribution in [0.2, 0.25) is 5.02 Å². The molecule has 0 aliphatic rings. The molecule has 0 saturated heterocycles. The van der Waals surface area contributed by atoms with E-state index in [1.165, 1.54) is 7.11 Å². The SMILES string of the molecule is COC(=O)c1ccc(Nc2ccnc(Nc3c(C)cc(C)cc3Cl)n2)cc1. The number of carbonyl (C=O) groups is 1. The minimum absolute atomic E-state index is 0.375. The molecule has 1 heterocycles. The number of hydrogen-bond acceptors (Lipinski definition) is 6. The highest BCUT2D eigenvalue weighted by Gasteiger charge is 2.09. The number of methoxy groups -OCH3 is 1. The molecule has 2 aromatic carbocycles. The summed E-state index contributed by atoms with van der Waals surface area (Å²) in [5.41, 5.74) is 4.16. The third-order valence-electron chi connectivity index (χ3n) is 3.90. The molecule has 0 fully saturated rings. The van der Waals surface area contributed by atoms with Crippen molar-refractivity contribution < 1.29 is 9.53 Å². The first-order valence-corrected chi connectivity index (χ1v) is 8.66. The summed E-state index contributed by atoms with van der Waals surface area (Å²) in [7, 11) is 1.35. The molecule has 0 radical (unpaired) electrons. The van der Waals surface area contributed by atoms with Crippen LogP contribution in [0.4, 0.5) is 23.1 Å². The van der Waals surface area contributed by atoms with Gasteiger partial charge in [0.1, 0.15) is 5.82 Å². The Morgan fingerprint density at radius 1 is 1.07 bits per heavy atom. The maximum atomic E-state index is 11.5. The molecule has 3 rings (SSSR count). The van der Waals surface area contributed by atoms with Gasteiger partial charge in [0.2, 0.25) is 5.95 Å². The number of halogens is 1. The van der Waals surface area contributed by atoms with Gasteiger partial charge in [-0.25, -0.2) is 9.78 Å². The molecular weight excluding hydrogens is 364 g/mol. The molecule has 7 heteroatoms. The lowest BCUT2D eigenvalue weighted by atomic mass is 10.1. The Bertz CT molecular complexity index is 951. The molecule has 138 valence electrons. The molecule has 0 atom stereocenters. The monoisotopic (exact) mass is 382 g/mol. The highest BCUT2D eigenvalue weighted by molar-refractivity contribution is 6.33. The van der Waals surface area contributed by atoms with Crippen LogP contribution in [0.15, 0.2) is 48.7 Å². The van der Waals surface area contributed by atoms with Crippen molar-refractivity contribution in [3.05, 3.63) is 70.4 Å². The van der Waals surface area contributed by atoms with E-state index < -0.39 is 0 Å². The van der Waals surface area contributed by atoms with Crippen LogP contribution in [0.3, 0.4) is 0 Å². The van der Waals surface area contributed by atoms with Gasteiger partial charge < -0.3 is 15.4 Å². The van der Waals surface area contributed by atoms with Crippen LogP contribution in [-0.2, 0) is 4.74 Å². The fourth-order valence-electron chi connectivity index (χ4n) is 2.63. The highest BCUT2D eigenvalue weighted by atomic mass is 35.5. The first-order chi connectivity index (χ1) is 13.0. The van der Waals surface area contributed by atoms with E-state index in [2.05, 4.69) is 20.6 Å². The van der Waals surface area contributed by atoms with Gasteiger partial charge in [0.05, 0.1) is 23.4 Å². The zero-order valence-corrected chi connectivity index (χ0v) is 16.0. The second-order valence-electron chi connectivity index (χ2n) is 6.02. The Morgan fingerprint density at radius 3 is 2.48 bits per heavy atom. The third kappa shape index (κ3) is 4.54. The average Bonchev–Trinajstić information content (AvgIpc) is 2.65. The van der Waals surface area contributed by atoms with Crippen molar-refractivity contribution in [3.63, 3.8) is 0 Å². The summed E-state index contributed by atoms with van der Waals surface area (Å²) in [5, 5.41) is 6.96. The predicted octanol–water partition coefficient (Wildman–Crippen LogP) is 5.02. The van der Waals surface area contributed by atoms with Crippen molar-refractivity contribution in [2.75, 3.05) is 17.7 Å². The smallest absolute Gasteiger partial charge is 0.337 e.